The van der Waals surface area contributed by atoms with Gasteiger partial charge >= 0.3 is 0 Å². The molecule has 3 nitrogen and oxygen atoms in total. The van der Waals surface area contributed by atoms with Crippen LogP contribution in [0.2, 0.25) is 0 Å². The van der Waals surface area contributed by atoms with Gasteiger partial charge in [-0.25, -0.2) is 0 Å². The minimum Gasteiger partial charge on any atom is -0.457 e. The van der Waals surface area contributed by atoms with Crippen LogP contribution in [0.25, 0.3) is 21.9 Å². The molecular weight excluding hydrogens is 777 g/mol. The smallest absolute Gasteiger partial charge is 0.132 e. The van der Waals surface area contributed by atoms with Gasteiger partial charge in [0.2, 0.25) is 0 Å². The van der Waals surface area contributed by atoms with E-state index in [4.69, 9.17) is 4.74 Å². The van der Waals surface area contributed by atoms with Crippen molar-refractivity contribution in [2.24, 2.45) is 0 Å². The Balaban J connectivity index is 1.23. The minimum absolute atomic E-state index is 0.0346. The summed E-state index contributed by atoms with van der Waals surface area (Å²) in [4.78, 5) is 4.95. The fourth-order valence-electron chi connectivity index (χ4n) is 10.5. The van der Waals surface area contributed by atoms with Gasteiger partial charge in [-0.3, -0.25) is 0 Å². The lowest BCUT2D eigenvalue weighted by Gasteiger charge is -2.40. The largest absolute Gasteiger partial charge is 0.457 e. The van der Waals surface area contributed by atoms with Gasteiger partial charge in [-0.2, -0.15) is 0 Å². The van der Waals surface area contributed by atoms with E-state index in [1.807, 2.05) is 0 Å². The molecule has 314 valence electrons. The maximum Gasteiger partial charge on any atom is 0.132 e. The number of allylic oxidation sites excluding steroid dienone is 4. The Hall–Kier alpha value is -7.10. The van der Waals surface area contributed by atoms with Crippen LogP contribution >= 0.6 is 0 Å². The number of ether oxygens (including phenoxy) is 1. The Morgan fingerprint density at radius 3 is 1.59 bits per heavy atom. The van der Waals surface area contributed by atoms with Crippen molar-refractivity contribution in [1.29, 1.82) is 0 Å². The molecule has 1 heterocycles. The summed E-state index contributed by atoms with van der Waals surface area (Å²) in [5.74, 6) is 1.76. The maximum absolute atomic E-state index is 6.88. The van der Waals surface area contributed by atoms with E-state index in [9.17, 15) is 0 Å². The van der Waals surface area contributed by atoms with Crippen molar-refractivity contribution in [3.05, 3.63) is 233 Å². The molecule has 1 aliphatic heterocycles. The highest BCUT2D eigenvalue weighted by molar-refractivity contribution is 6.11. The molecule has 0 radical (unpaired) electrons. The Labute approximate surface area is 378 Å². The van der Waals surface area contributed by atoms with Crippen LogP contribution in [-0.2, 0) is 16.2 Å². The van der Waals surface area contributed by atoms with E-state index >= 15 is 0 Å². The Kier molecular flexibility index (Phi) is 9.33. The monoisotopic (exact) mass is 830 g/mol. The molecule has 0 saturated heterocycles. The Morgan fingerprint density at radius 2 is 1.00 bits per heavy atom. The lowest BCUT2D eigenvalue weighted by Crippen LogP contribution is -2.32. The van der Waals surface area contributed by atoms with E-state index in [1.54, 1.807) is 0 Å². The van der Waals surface area contributed by atoms with Crippen molar-refractivity contribution in [3.8, 4) is 22.6 Å². The van der Waals surface area contributed by atoms with E-state index in [1.165, 1.54) is 49.9 Å². The van der Waals surface area contributed by atoms with Gasteiger partial charge in [0.1, 0.15) is 11.5 Å². The van der Waals surface area contributed by atoms with Crippen LogP contribution in [0.5, 0.6) is 11.5 Å². The second-order valence-electron chi connectivity index (χ2n) is 19.7. The summed E-state index contributed by atoms with van der Waals surface area (Å²) in [6.07, 6.45) is 8.75. The highest BCUT2D eigenvalue weighted by atomic mass is 16.5. The van der Waals surface area contributed by atoms with Gasteiger partial charge in [-0.05, 0) is 135 Å². The third kappa shape index (κ3) is 6.32. The SMILES string of the molecule is CC(C)(C)c1ccc(N(C2=CC=CCC2)c2ccc3c(c2)C2(c4ccccc4Oc4ccccc42)c2cc(N(c4ccccc4)c4ccc(C(C)(C)C)cc4)c4ccccc4c2-3)cc1. The van der Waals surface area contributed by atoms with E-state index in [2.05, 4.69) is 245 Å². The zero-order valence-electron chi connectivity index (χ0n) is 37.7. The molecule has 64 heavy (non-hydrogen) atoms. The predicted octanol–water partition coefficient (Wildman–Crippen LogP) is 16.7. The molecule has 0 fully saturated rings. The molecule has 0 amide bonds. The lowest BCUT2D eigenvalue weighted by molar-refractivity contribution is 0.436. The van der Waals surface area contributed by atoms with Crippen molar-refractivity contribution in [1.82, 2.24) is 0 Å². The van der Waals surface area contributed by atoms with Crippen LogP contribution in [0.3, 0.4) is 0 Å². The first-order valence-electron chi connectivity index (χ1n) is 22.8. The van der Waals surface area contributed by atoms with Gasteiger partial charge in [0.25, 0.3) is 0 Å². The van der Waals surface area contributed by atoms with Crippen molar-refractivity contribution in [3.63, 3.8) is 0 Å². The number of para-hydroxylation sites is 3. The molecule has 11 rings (SSSR count). The van der Waals surface area contributed by atoms with Gasteiger partial charge in [0.15, 0.2) is 0 Å². The average Bonchev–Trinajstić information content (AvgIpc) is 3.59. The Bertz CT molecular complexity index is 3100. The zero-order valence-corrected chi connectivity index (χ0v) is 37.7. The van der Waals surface area contributed by atoms with Crippen LogP contribution in [-0.4, -0.2) is 0 Å². The third-order valence-corrected chi connectivity index (χ3v) is 13.7. The minimum atomic E-state index is -0.702. The van der Waals surface area contributed by atoms with Crippen molar-refractivity contribution in [2.45, 2.75) is 70.6 Å². The molecule has 3 aliphatic rings. The third-order valence-electron chi connectivity index (χ3n) is 13.7. The van der Waals surface area contributed by atoms with Crippen LogP contribution in [0, 0.1) is 0 Å². The fraction of sp³-hybridized carbons (Fsp3) is 0.180. The summed E-state index contributed by atoms with van der Waals surface area (Å²) in [7, 11) is 0. The molecule has 0 saturated carbocycles. The molecule has 0 aromatic heterocycles. The first-order valence-corrected chi connectivity index (χ1v) is 22.8. The number of benzene rings is 8. The molecule has 8 aromatic carbocycles. The summed E-state index contributed by atoms with van der Waals surface area (Å²) in [6, 6.07) is 65.5. The van der Waals surface area contributed by atoms with Gasteiger partial charge in [0, 0.05) is 45.0 Å². The molecule has 0 unspecified atom stereocenters. The average molecular weight is 831 g/mol. The van der Waals surface area contributed by atoms with Crippen molar-refractivity contribution < 1.29 is 4.74 Å². The van der Waals surface area contributed by atoms with Gasteiger partial charge in [-0.15, -0.1) is 0 Å². The number of hydrogen-bond acceptors (Lipinski definition) is 3. The second kappa shape index (κ2) is 15.0. The standard InChI is InChI=1S/C61H54N2O/c1-59(2,3)41-29-33-45(34-30-41)62(43-19-9-7-10-20-43)47-37-38-50-53(39-47)61(51-25-15-17-27-56(51)64-57-28-18-16-26-52(57)61)54-40-55(48-23-13-14-24-49(48)58(50)54)63(44-21-11-8-12-22-44)46-35-31-42(32-36-46)60(4,5)6/h7-9,11-19,21-40H,10,20H2,1-6H3. The summed E-state index contributed by atoms with van der Waals surface area (Å²) < 4.78 is 6.88. The molecule has 2 aliphatic carbocycles. The van der Waals surface area contributed by atoms with Gasteiger partial charge < -0.3 is 14.5 Å². The number of anilines is 5. The topological polar surface area (TPSA) is 15.7 Å². The van der Waals surface area contributed by atoms with E-state index in [-0.39, 0.29) is 10.8 Å². The maximum atomic E-state index is 6.88. The van der Waals surface area contributed by atoms with Crippen molar-refractivity contribution >= 4 is 39.2 Å². The van der Waals surface area contributed by atoms with Crippen molar-refractivity contribution in [2.75, 3.05) is 9.80 Å². The molecule has 1 spiro atoms. The predicted molar refractivity (Wildman–Crippen MR) is 268 cm³/mol. The van der Waals surface area contributed by atoms with E-state index < -0.39 is 5.41 Å². The summed E-state index contributed by atoms with van der Waals surface area (Å²) in [5, 5.41) is 2.43. The number of nitrogens with zero attached hydrogens (tertiary/aromatic N) is 2. The van der Waals surface area contributed by atoms with Gasteiger partial charge in [-0.1, -0.05) is 163 Å². The van der Waals surface area contributed by atoms with E-state index in [0.717, 1.165) is 63.9 Å². The number of rotatable bonds is 6. The second-order valence-corrected chi connectivity index (χ2v) is 19.7. The lowest BCUT2D eigenvalue weighted by atomic mass is 9.66. The number of fused-ring (bicyclic) bond motifs is 11. The highest BCUT2D eigenvalue weighted by Crippen LogP contribution is 2.65. The first-order chi connectivity index (χ1) is 31.0. The molecular formula is C61H54N2O. The van der Waals surface area contributed by atoms with Crippen LogP contribution in [0.1, 0.15) is 87.8 Å². The molecule has 8 aromatic rings. The normalized spacial score (nSPS) is 14.6. The summed E-state index contributed by atoms with van der Waals surface area (Å²) in [6.45, 7) is 13.7. The highest BCUT2D eigenvalue weighted by Gasteiger charge is 2.52. The number of hydrogen-bond donors (Lipinski definition) is 0. The fourth-order valence-corrected chi connectivity index (χ4v) is 10.5. The molecule has 0 atom stereocenters. The first kappa shape index (κ1) is 39.7. The summed E-state index contributed by atoms with van der Waals surface area (Å²) >= 11 is 0. The molecule has 0 bridgehead atoms. The van der Waals surface area contributed by atoms with Crippen LogP contribution in [0.15, 0.2) is 200 Å². The zero-order chi connectivity index (χ0) is 43.8. The van der Waals surface area contributed by atoms with Crippen LogP contribution in [0.4, 0.5) is 28.4 Å². The van der Waals surface area contributed by atoms with E-state index in [0.29, 0.717) is 0 Å². The molecule has 0 N–H and O–H groups in total. The molecule has 3 heteroatoms. The van der Waals surface area contributed by atoms with Gasteiger partial charge in [0.05, 0.1) is 11.1 Å². The Morgan fingerprint density at radius 1 is 0.469 bits per heavy atom. The quantitative estimate of drug-likeness (QED) is 0.166. The van der Waals surface area contributed by atoms with Crippen LogP contribution < -0.4 is 14.5 Å². The summed E-state index contributed by atoms with van der Waals surface area (Å²) in [5.41, 5.74) is 16.3.